The van der Waals surface area contributed by atoms with Crippen LogP contribution in [0.25, 0.3) is 0 Å². The molecule has 2 atom stereocenters. The van der Waals surface area contributed by atoms with Crippen LogP contribution < -0.4 is 5.32 Å². The Morgan fingerprint density at radius 2 is 1.95 bits per heavy atom. The molecule has 1 rings (SSSR count). The van der Waals surface area contributed by atoms with Crippen LogP contribution in [-0.4, -0.2) is 46.9 Å². The van der Waals surface area contributed by atoms with Crippen LogP contribution in [0, 0.1) is 5.92 Å². The number of carbonyl (C=O) groups excluding carboxylic acids is 2. The molecular weight excluding hydrogens is 260 g/mol. The highest BCUT2D eigenvalue weighted by atomic mass is 16.4. The lowest BCUT2D eigenvalue weighted by atomic mass is 9.83. The first kappa shape index (κ1) is 16.2. The van der Waals surface area contributed by atoms with Crippen molar-refractivity contribution in [3.63, 3.8) is 0 Å². The Balaban J connectivity index is 2.96. The van der Waals surface area contributed by atoms with Crippen LogP contribution in [0.5, 0.6) is 0 Å². The second-order valence-electron chi connectivity index (χ2n) is 4.90. The molecule has 112 valence electrons. The lowest BCUT2D eigenvalue weighted by Gasteiger charge is -2.33. The Labute approximate surface area is 118 Å². The first-order valence-electron chi connectivity index (χ1n) is 6.88. The van der Waals surface area contributed by atoms with Crippen molar-refractivity contribution < 1.29 is 19.5 Å². The van der Waals surface area contributed by atoms with Crippen LogP contribution in [-0.2, 0) is 14.4 Å². The van der Waals surface area contributed by atoms with Gasteiger partial charge in [0, 0.05) is 31.6 Å². The van der Waals surface area contributed by atoms with Gasteiger partial charge in [-0.1, -0.05) is 6.08 Å². The molecule has 0 fully saturated rings. The average molecular weight is 282 g/mol. The molecule has 0 saturated heterocycles. The van der Waals surface area contributed by atoms with E-state index in [0.29, 0.717) is 19.5 Å². The van der Waals surface area contributed by atoms with Crippen molar-refractivity contribution in [3.05, 3.63) is 11.6 Å². The van der Waals surface area contributed by atoms with Gasteiger partial charge in [0.05, 0.1) is 5.92 Å². The molecule has 0 bridgehead atoms. The maximum absolute atomic E-state index is 12.5. The molecule has 0 radical (unpaired) electrons. The smallest absolute Gasteiger partial charge is 0.331 e. The number of rotatable bonds is 5. The Bertz CT molecular complexity index is 427. The van der Waals surface area contributed by atoms with Gasteiger partial charge in [-0.15, -0.1) is 0 Å². The molecule has 20 heavy (non-hydrogen) atoms. The van der Waals surface area contributed by atoms with Crippen molar-refractivity contribution in [2.45, 2.75) is 39.7 Å². The summed E-state index contributed by atoms with van der Waals surface area (Å²) in [6.45, 7) is 6.31. The third kappa shape index (κ3) is 3.82. The molecule has 0 aliphatic heterocycles. The molecule has 2 N–H and O–H groups in total. The molecule has 6 heteroatoms. The topological polar surface area (TPSA) is 86.7 Å². The predicted molar refractivity (Wildman–Crippen MR) is 74.0 cm³/mol. The monoisotopic (exact) mass is 282 g/mol. The minimum atomic E-state index is -0.997. The summed E-state index contributed by atoms with van der Waals surface area (Å²) >= 11 is 0. The fourth-order valence-electron chi connectivity index (χ4n) is 2.52. The zero-order chi connectivity index (χ0) is 15.3. The van der Waals surface area contributed by atoms with Crippen LogP contribution in [0.3, 0.4) is 0 Å². The van der Waals surface area contributed by atoms with Crippen molar-refractivity contribution in [2.75, 3.05) is 13.1 Å². The van der Waals surface area contributed by atoms with Crippen LogP contribution in [0.1, 0.15) is 33.6 Å². The standard InChI is InChI=1S/C14H22N2O4/c1-4-16(5-2)13(18)11-8-10(14(19)20)6-7-12(11)15-9(3)17/h6,11-12H,4-5,7-8H2,1-3H3,(H,15,17)(H,19,20)/t11-,12-/m1/s1. The lowest BCUT2D eigenvalue weighted by Crippen LogP contribution is -2.49. The highest BCUT2D eigenvalue weighted by Gasteiger charge is 2.35. The van der Waals surface area contributed by atoms with E-state index < -0.39 is 11.9 Å². The zero-order valence-corrected chi connectivity index (χ0v) is 12.2. The van der Waals surface area contributed by atoms with Gasteiger partial charge in [0.2, 0.25) is 11.8 Å². The van der Waals surface area contributed by atoms with Crippen molar-refractivity contribution >= 4 is 17.8 Å². The van der Waals surface area contributed by atoms with Gasteiger partial charge in [-0.3, -0.25) is 9.59 Å². The maximum atomic E-state index is 12.5. The van der Waals surface area contributed by atoms with Crippen LogP contribution in [0.15, 0.2) is 11.6 Å². The number of aliphatic carboxylic acids is 1. The molecule has 6 nitrogen and oxygen atoms in total. The molecule has 1 aliphatic carbocycles. The number of nitrogens with one attached hydrogen (secondary N) is 1. The van der Waals surface area contributed by atoms with Gasteiger partial charge < -0.3 is 15.3 Å². The van der Waals surface area contributed by atoms with E-state index >= 15 is 0 Å². The lowest BCUT2D eigenvalue weighted by molar-refractivity contribution is -0.137. The fraction of sp³-hybridized carbons (Fsp3) is 0.643. The second-order valence-corrected chi connectivity index (χ2v) is 4.90. The van der Waals surface area contributed by atoms with E-state index in [4.69, 9.17) is 5.11 Å². The Hall–Kier alpha value is -1.85. The number of carbonyl (C=O) groups is 3. The van der Waals surface area contributed by atoms with E-state index in [-0.39, 0.29) is 29.9 Å². The van der Waals surface area contributed by atoms with Crippen LogP contribution in [0.4, 0.5) is 0 Å². The largest absolute Gasteiger partial charge is 0.478 e. The Morgan fingerprint density at radius 1 is 1.35 bits per heavy atom. The average Bonchev–Trinajstić information content (AvgIpc) is 2.39. The number of nitrogens with zero attached hydrogens (tertiary/aromatic N) is 1. The zero-order valence-electron chi connectivity index (χ0n) is 12.2. The van der Waals surface area contributed by atoms with Crippen LogP contribution in [0.2, 0.25) is 0 Å². The molecule has 0 unspecified atom stereocenters. The molecule has 2 amide bonds. The summed E-state index contributed by atoms with van der Waals surface area (Å²) in [6, 6.07) is -0.330. The van der Waals surface area contributed by atoms with Gasteiger partial charge in [-0.2, -0.15) is 0 Å². The Morgan fingerprint density at radius 3 is 2.40 bits per heavy atom. The van der Waals surface area contributed by atoms with E-state index in [1.807, 2.05) is 13.8 Å². The Kier molecular flexibility index (Phi) is 5.73. The number of hydrogen-bond donors (Lipinski definition) is 2. The summed E-state index contributed by atoms with van der Waals surface area (Å²) in [4.78, 5) is 36.5. The minimum absolute atomic E-state index is 0.0967. The molecule has 1 aliphatic rings. The maximum Gasteiger partial charge on any atom is 0.331 e. The summed E-state index contributed by atoms with van der Waals surface area (Å²) in [5, 5.41) is 11.8. The normalized spacial score (nSPS) is 21.9. The van der Waals surface area contributed by atoms with E-state index in [1.165, 1.54) is 6.92 Å². The third-order valence-corrected chi connectivity index (χ3v) is 3.60. The van der Waals surface area contributed by atoms with E-state index in [0.717, 1.165) is 0 Å². The highest BCUT2D eigenvalue weighted by molar-refractivity contribution is 5.89. The van der Waals surface area contributed by atoms with Gasteiger partial charge in [0.15, 0.2) is 0 Å². The van der Waals surface area contributed by atoms with E-state index in [2.05, 4.69) is 5.32 Å². The SMILES string of the molecule is CCN(CC)C(=O)[C@@H]1CC(C(=O)O)=CC[C@H]1NC(C)=O. The van der Waals surface area contributed by atoms with Gasteiger partial charge in [-0.05, 0) is 26.7 Å². The quantitative estimate of drug-likeness (QED) is 0.780. The molecule has 0 saturated carbocycles. The molecule has 0 aromatic carbocycles. The fourth-order valence-corrected chi connectivity index (χ4v) is 2.52. The number of carboxylic acid groups (broad SMARTS) is 1. The molecule has 0 spiro atoms. The summed E-state index contributed by atoms with van der Waals surface area (Å²) in [5.74, 6) is -1.81. The first-order chi connectivity index (χ1) is 9.40. The van der Waals surface area contributed by atoms with Crippen molar-refractivity contribution in [1.29, 1.82) is 0 Å². The summed E-state index contributed by atoms with van der Waals surface area (Å²) in [6.07, 6.45) is 2.13. The van der Waals surface area contributed by atoms with E-state index in [1.54, 1.807) is 11.0 Å². The van der Waals surface area contributed by atoms with Crippen molar-refractivity contribution in [2.24, 2.45) is 5.92 Å². The second kappa shape index (κ2) is 7.07. The summed E-state index contributed by atoms with van der Waals surface area (Å²) in [7, 11) is 0. The predicted octanol–water partition coefficient (Wildman–Crippen LogP) is 0.780. The molecule has 0 aromatic rings. The highest BCUT2D eigenvalue weighted by Crippen LogP contribution is 2.26. The third-order valence-electron chi connectivity index (χ3n) is 3.60. The van der Waals surface area contributed by atoms with Gasteiger partial charge >= 0.3 is 5.97 Å². The first-order valence-corrected chi connectivity index (χ1v) is 6.88. The van der Waals surface area contributed by atoms with Crippen molar-refractivity contribution in [3.8, 4) is 0 Å². The van der Waals surface area contributed by atoms with E-state index in [9.17, 15) is 14.4 Å². The molecule has 0 heterocycles. The van der Waals surface area contributed by atoms with Crippen molar-refractivity contribution in [1.82, 2.24) is 10.2 Å². The van der Waals surface area contributed by atoms with Gasteiger partial charge in [-0.25, -0.2) is 4.79 Å². The van der Waals surface area contributed by atoms with Gasteiger partial charge in [0.25, 0.3) is 0 Å². The molecule has 0 aromatic heterocycles. The number of hydrogen-bond acceptors (Lipinski definition) is 3. The molecular formula is C14H22N2O4. The number of amides is 2. The summed E-state index contributed by atoms with van der Waals surface area (Å²) < 4.78 is 0. The summed E-state index contributed by atoms with van der Waals surface area (Å²) in [5.41, 5.74) is 0.247. The van der Waals surface area contributed by atoms with Gasteiger partial charge in [0.1, 0.15) is 0 Å². The number of carboxylic acids is 1. The van der Waals surface area contributed by atoms with Crippen LogP contribution >= 0.6 is 0 Å². The minimum Gasteiger partial charge on any atom is -0.478 e.